The summed E-state index contributed by atoms with van der Waals surface area (Å²) in [7, 11) is 1.12. The molecule has 6 heteroatoms. The Morgan fingerprint density at radius 2 is 2.27 bits per heavy atom. The van der Waals surface area contributed by atoms with E-state index in [1.54, 1.807) is 0 Å². The summed E-state index contributed by atoms with van der Waals surface area (Å²) in [6.07, 6.45) is 6.30. The Bertz CT molecular complexity index is 800. The molecule has 0 spiro atoms. The number of rotatable bonds is 3. The fourth-order valence-electron chi connectivity index (χ4n) is 3.00. The number of pyridine rings is 1. The standard InChI is InChI=1S/C16H18N5P/c1-12-4-3-9-20(12)15-6-2-5-14(19-15)18-13-7-11-22-21-10-8-17-16(13)21/h2,5-8,10-12H,3-4,9H2,1H3,(H,18,19). The maximum atomic E-state index is 4.78. The maximum absolute atomic E-state index is 4.78. The number of anilines is 3. The molecule has 1 saturated heterocycles. The first-order chi connectivity index (χ1) is 10.8. The summed E-state index contributed by atoms with van der Waals surface area (Å²) in [5.41, 5.74) is 1.94. The first kappa shape index (κ1) is 13.5. The van der Waals surface area contributed by atoms with Crippen molar-refractivity contribution in [1.29, 1.82) is 0 Å². The predicted octanol–water partition coefficient (Wildman–Crippen LogP) is 4.04. The Kier molecular flexibility index (Phi) is 3.43. The average Bonchev–Trinajstić information content (AvgIpc) is 3.17. The molecule has 0 radical (unpaired) electrons. The number of hydrogen-bond acceptors (Lipinski definition) is 4. The Morgan fingerprint density at radius 3 is 3.14 bits per heavy atom. The second kappa shape index (κ2) is 5.58. The normalized spacial score (nSPS) is 18.4. The molecule has 0 bridgehead atoms. The summed E-state index contributed by atoms with van der Waals surface area (Å²) in [5.74, 6) is 4.02. The first-order valence-electron chi connectivity index (χ1n) is 7.60. The number of nitrogens with zero attached hydrogens (tertiary/aromatic N) is 4. The Balaban J connectivity index is 1.64. The second-order valence-electron chi connectivity index (χ2n) is 5.63. The van der Waals surface area contributed by atoms with Gasteiger partial charge < -0.3 is 10.2 Å². The molecule has 4 heterocycles. The zero-order valence-corrected chi connectivity index (χ0v) is 13.4. The van der Waals surface area contributed by atoms with Gasteiger partial charge in [0.1, 0.15) is 11.6 Å². The molecule has 1 fully saturated rings. The van der Waals surface area contributed by atoms with E-state index in [0.29, 0.717) is 6.04 Å². The van der Waals surface area contributed by atoms with Crippen molar-refractivity contribution >= 4 is 31.3 Å². The minimum absolute atomic E-state index is 0.572. The van der Waals surface area contributed by atoms with E-state index in [0.717, 1.165) is 37.9 Å². The number of nitrogens with one attached hydrogen (secondary N) is 1. The van der Waals surface area contributed by atoms with E-state index in [1.807, 2.05) is 18.5 Å². The van der Waals surface area contributed by atoms with Crippen LogP contribution in [0.4, 0.5) is 17.3 Å². The number of fused-ring (bicyclic) bond motifs is 1. The van der Waals surface area contributed by atoms with Crippen LogP contribution < -0.4 is 10.2 Å². The summed E-state index contributed by atoms with van der Waals surface area (Å²) in [4.78, 5) is 11.6. The van der Waals surface area contributed by atoms with Crippen LogP contribution in [0.5, 0.6) is 0 Å². The third kappa shape index (κ3) is 2.42. The van der Waals surface area contributed by atoms with Gasteiger partial charge in [-0.1, -0.05) is 6.07 Å². The van der Waals surface area contributed by atoms with E-state index >= 15 is 0 Å². The van der Waals surface area contributed by atoms with Crippen molar-refractivity contribution in [3.05, 3.63) is 42.5 Å². The van der Waals surface area contributed by atoms with Crippen molar-refractivity contribution in [2.75, 3.05) is 16.8 Å². The van der Waals surface area contributed by atoms with Crippen LogP contribution in [-0.2, 0) is 0 Å². The molecule has 0 amide bonds. The second-order valence-corrected chi connectivity index (χ2v) is 6.59. The van der Waals surface area contributed by atoms with Gasteiger partial charge in [0, 0.05) is 33.3 Å². The summed E-state index contributed by atoms with van der Waals surface area (Å²) in [6.45, 7) is 3.36. The number of aromatic nitrogens is 3. The Morgan fingerprint density at radius 1 is 1.32 bits per heavy atom. The summed E-state index contributed by atoms with van der Waals surface area (Å²) in [5, 5.41) is 3.41. The van der Waals surface area contributed by atoms with Crippen molar-refractivity contribution in [2.45, 2.75) is 25.8 Å². The van der Waals surface area contributed by atoms with E-state index in [-0.39, 0.29) is 0 Å². The van der Waals surface area contributed by atoms with Crippen molar-refractivity contribution in [2.24, 2.45) is 0 Å². The molecule has 0 aliphatic carbocycles. The lowest BCUT2D eigenvalue weighted by Gasteiger charge is -2.23. The fraction of sp³-hybridized carbons (Fsp3) is 0.312. The number of imidazole rings is 1. The van der Waals surface area contributed by atoms with Gasteiger partial charge in [-0.2, -0.15) is 0 Å². The summed E-state index contributed by atoms with van der Waals surface area (Å²) >= 11 is 0. The van der Waals surface area contributed by atoms with Gasteiger partial charge in [0.25, 0.3) is 0 Å². The third-order valence-corrected chi connectivity index (χ3v) is 4.99. The fourth-order valence-corrected chi connectivity index (χ4v) is 3.76. The molecular formula is C16H18N5P. The SMILES string of the molecule is CC1CCCN1c1cccc(Nc2ccpn3ccnc23)n1. The molecule has 22 heavy (non-hydrogen) atoms. The van der Waals surface area contributed by atoms with Gasteiger partial charge in [-0.25, -0.2) is 9.97 Å². The molecule has 0 aromatic carbocycles. The maximum Gasteiger partial charge on any atom is 0.164 e. The van der Waals surface area contributed by atoms with Crippen molar-refractivity contribution in [3.8, 4) is 0 Å². The average molecular weight is 311 g/mol. The molecular weight excluding hydrogens is 293 g/mol. The molecule has 3 aromatic rings. The van der Waals surface area contributed by atoms with Crippen LogP contribution >= 0.6 is 8.35 Å². The Labute approximate surface area is 131 Å². The molecule has 4 rings (SSSR count). The summed E-state index contributed by atoms with van der Waals surface area (Å²) < 4.78 is 2.09. The van der Waals surface area contributed by atoms with Crippen molar-refractivity contribution in [3.63, 3.8) is 0 Å². The molecule has 1 unspecified atom stereocenters. The van der Waals surface area contributed by atoms with Crippen LogP contribution in [0, 0.1) is 0 Å². The zero-order valence-electron chi connectivity index (χ0n) is 12.5. The van der Waals surface area contributed by atoms with Crippen LogP contribution in [0.2, 0.25) is 0 Å². The molecule has 5 nitrogen and oxygen atoms in total. The molecule has 0 saturated carbocycles. The predicted molar refractivity (Wildman–Crippen MR) is 91.3 cm³/mol. The largest absolute Gasteiger partial charge is 0.354 e. The van der Waals surface area contributed by atoms with Crippen molar-refractivity contribution < 1.29 is 0 Å². The highest BCUT2D eigenvalue weighted by molar-refractivity contribution is 7.25. The van der Waals surface area contributed by atoms with E-state index in [1.165, 1.54) is 12.8 Å². The van der Waals surface area contributed by atoms with Gasteiger partial charge in [-0.15, -0.1) is 0 Å². The van der Waals surface area contributed by atoms with Crippen LogP contribution in [0.15, 0.2) is 42.5 Å². The summed E-state index contributed by atoms with van der Waals surface area (Å²) in [6, 6.07) is 8.80. The van der Waals surface area contributed by atoms with E-state index in [2.05, 4.69) is 50.3 Å². The highest BCUT2D eigenvalue weighted by Crippen LogP contribution is 2.27. The lowest BCUT2D eigenvalue weighted by molar-refractivity contribution is 0.727. The van der Waals surface area contributed by atoms with Gasteiger partial charge in [0.05, 0.1) is 5.69 Å². The lowest BCUT2D eigenvalue weighted by atomic mass is 10.2. The smallest absolute Gasteiger partial charge is 0.164 e. The van der Waals surface area contributed by atoms with Crippen LogP contribution in [-0.4, -0.2) is 26.7 Å². The van der Waals surface area contributed by atoms with E-state index in [4.69, 9.17) is 4.98 Å². The lowest BCUT2D eigenvalue weighted by Crippen LogP contribution is -2.27. The van der Waals surface area contributed by atoms with E-state index in [9.17, 15) is 0 Å². The van der Waals surface area contributed by atoms with Gasteiger partial charge in [-0.3, -0.25) is 4.16 Å². The van der Waals surface area contributed by atoms with Crippen molar-refractivity contribution in [1.82, 2.24) is 14.1 Å². The highest BCUT2D eigenvalue weighted by atomic mass is 31.0. The minimum atomic E-state index is 0.572. The van der Waals surface area contributed by atoms with Gasteiger partial charge in [0.2, 0.25) is 0 Å². The molecule has 112 valence electrons. The first-order valence-corrected chi connectivity index (χ1v) is 8.52. The topological polar surface area (TPSA) is 45.5 Å². The molecule has 1 N–H and O–H groups in total. The van der Waals surface area contributed by atoms with Gasteiger partial charge >= 0.3 is 0 Å². The molecule has 1 aliphatic rings. The molecule has 1 aliphatic heterocycles. The van der Waals surface area contributed by atoms with E-state index < -0.39 is 0 Å². The quantitative estimate of drug-likeness (QED) is 0.793. The number of hydrogen-bond donors (Lipinski definition) is 1. The zero-order chi connectivity index (χ0) is 14.9. The Hall–Kier alpha value is -2.13. The van der Waals surface area contributed by atoms with Crippen LogP contribution in [0.1, 0.15) is 19.8 Å². The minimum Gasteiger partial charge on any atom is -0.354 e. The molecule has 1 atom stereocenters. The van der Waals surface area contributed by atoms with Gasteiger partial charge in [-0.05, 0) is 43.8 Å². The molecule has 3 aromatic heterocycles. The van der Waals surface area contributed by atoms with Crippen LogP contribution in [0.3, 0.4) is 0 Å². The monoisotopic (exact) mass is 311 g/mol. The highest BCUT2D eigenvalue weighted by Gasteiger charge is 2.21. The van der Waals surface area contributed by atoms with Gasteiger partial charge in [0.15, 0.2) is 5.65 Å². The van der Waals surface area contributed by atoms with Crippen LogP contribution in [0.25, 0.3) is 5.65 Å². The third-order valence-electron chi connectivity index (χ3n) is 4.14.